The van der Waals surface area contributed by atoms with Gasteiger partial charge >= 0.3 is 0 Å². The summed E-state index contributed by atoms with van der Waals surface area (Å²) in [7, 11) is 0. The maximum atomic E-state index is 12.4. The highest BCUT2D eigenvalue weighted by Gasteiger charge is 2.25. The first kappa shape index (κ1) is 13.1. The average molecular weight is 242 g/mol. The smallest absolute Gasteiger partial charge is 0.161 e. The number of ketones is 1. The average Bonchev–Trinajstić information content (AvgIpc) is 2.41. The maximum absolute atomic E-state index is 12.4. The third-order valence-corrected chi connectivity index (χ3v) is 3.73. The minimum absolute atomic E-state index is 0.286. The van der Waals surface area contributed by atoms with Gasteiger partial charge < -0.3 is 0 Å². The molecule has 0 bridgehead atoms. The van der Waals surface area contributed by atoms with E-state index < -0.39 is 0 Å². The number of benzene rings is 1. The van der Waals surface area contributed by atoms with E-state index in [1.807, 2.05) is 18.2 Å². The summed E-state index contributed by atoms with van der Waals surface area (Å²) in [6.45, 7) is 2.19. The fourth-order valence-corrected chi connectivity index (χ4v) is 2.68. The SMILES string of the molecule is CCCCC1CCC/C(=C\c2ccccc2)C1=O. The first-order valence-electron chi connectivity index (χ1n) is 7.11. The molecule has 0 aromatic heterocycles. The molecule has 1 atom stereocenters. The summed E-state index contributed by atoms with van der Waals surface area (Å²) in [5, 5.41) is 0. The van der Waals surface area contributed by atoms with Gasteiger partial charge in [-0.25, -0.2) is 0 Å². The molecule has 0 amide bonds. The molecule has 1 aliphatic rings. The monoisotopic (exact) mass is 242 g/mol. The van der Waals surface area contributed by atoms with Crippen LogP contribution in [0, 0.1) is 5.92 Å². The minimum atomic E-state index is 0.286. The predicted octanol–water partition coefficient (Wildman–Crippen LogP) is 4.63. The van der Waals surface area contributed by atoms with Gasteiger partial charge in [0.25, 0.3) is 0 Å². The van der Waals surface area contributed by atoms with E-state index in [4.69, 9.17) is 0 Å². The summed E-state index contributed by atoms with van der Waals surface area (Å²) in [4.78, 5) is 12.4. The number of Topliss-reactive ketones (excluding diaryl/α,β-unsaturated/α-hetero) is 1. The van der Waals surface area contributed by atoms with Gasteiger partial charge in [0.2, 0.25) is 0 Å². The zero-order valence-electron chi connectivity index (χ0n) is 11.2. The Bertz CT molecular complexity index is 416. The highest BCUT2D eigenvalue weighted by molar-refractivity contribution is 6.01. The van der Waals surface area contributed by atoms with Crippen molar-refractivity contribution in [3.05, 3.63) is 41.5 Å². The lowest BCUT2D eigenvalue weighted by molar-refractivity contribution is -0.120. The maximum Gasteiger partial charge on any atom is 0.161 e. The van der Waals surface area contributed by atoms with Crippen molar-refractivity contribution in [2.75, 3.05) is 0 Å². The molecule has 18 heavy (non-hydrogen) atoms. The minimum Gasteiger partial charge on any atom is -0.294 e. The summed E-state index contributed by atoms with van der Waals surface area (Å²) < 4.78 is 0. The molecule has 0 N–H and O–H groups in total. The number of hydrogen-bond acceptors (Lipinski definition) is 1. The highest BCUT2D eigenvalue weighted by atomic mass is 16.1. The lowest BCUT2D eigenvalue weighted by Crippen LogP contribution is -2.21. The van der Waals surface area contributed by atoms with Crippen LogP contribution in [0.1, 0.15) is 51.0 Å². The molecule has 1 heteroatoms. The van der Waals surface area contributed by atoms with Gasteiger partial charge in [-0.1, -0.05) is 50.1 Å². The van der Waals surface area contributed by atoms with Gasteiger partial charge in [-0.3, -0.25) is 4.79 Å². The molecule has 1 aromatic carbocycles. The first-order chi connectivity index (χ1) is 8.81. The molecule has 1 aliphatic carbocycles. The molecular formula is C17H22O. The van der Waals surface area contributed by atoms with Gasteiger partial charge in [-0.15, -0.1) is 0 Å². The molecule has 0 aliphatic heterocycles. The van der Waals surface area contributed by atoms with Crippen LogP contribution < -0.4 is 0 Å². The van der Waals surface area contributed by atoms with E-state index in [2.05, 4.69) is 25.1 Å². The largest absolute Gasteiger partial charge is 0.294 e. The first-order valence-corrected chi connectivity index (χ1v) is 7.11. The summed E-state index contributed by atoms with van der Waals surface area (Å²) in [5.74, 6) is 0.687. The molecule has 1 fully saturated rings. The standard InChI is InChI=1S/C17H22O/c1-2-3-10-15-11-7-12-16(17(15)18)13-14-8-5-4-6-9-14/h4-6,8-9,13,15H,2-3,7,10-12H2,1H3/b16-13+. The van der Waals surface area contributed by atoms with Crippen LogP contribution in [0.15, 0.2) is 35.9 Å². The van der Waals surface area contributed by atoms with Crippen LogP contribution in [-0.4, -0.2) is 5.78 Å². The zero-order valence-corrected chi connectivity index (χ0v) is 11.2. The van der Waals surface area contributed by atoms with E-state index in [9.17, 15) is 4.79 Å². The molecule has 1 aromatic rings. The van der Waals surface area contributed by atoms with E-state index in [1.54, 1.807) is 0 Å². The van der Waals surface area contributed by atoms with Crippen LogP contribution in [0.25, 0.3) is 6.08 Å². The summed E-state index contributed by atoms with van der Waals surface area (Å²) in [6.07, 6.45) is 8.72. The van der Waals surface area contributed by atoms with Crippen LogP contribution in [-0.2, 0) is 4.79 Å². The van der Waals surface area contributed by atoms with Crippen LogP contribution in [0.3, 0.4) is 0 Å². The van der Waals surface area contributed by atoms with Gasteiger partial charge in [0.15, 0.2) is 5.78 Å². The van der Waals surface area contributed by atoms with Crippen LogP contribution in [0.5, 0.6) is 0 Å². The fraction of sp³-hybridized carbons (Fsp3) is 0.471. The van der Waals surface area contributed by atoms with Gasteiger partial charge in [-0.2, -0.15) is 0 Å². The molecule has 2 rings (SSSR count). The molecule has 96 valence electrons. The Morgan fingerprint density at radius 3 is 2.78 bits per heavy atom. The zero-order chi connectivity index (χ0) is 12.8. The molecule has 0 radical (unpaired) electrons. The van der Waals surface area contributed by atoms with Crippen molar-refractivity contribution in [2.24, 2.45) is 5.92 Å². The van der Waals surface area contributed by atoms with Crippen molar-refractivity contribution in [1.29, 1.82) is 0 Å². The highest BCUT2D eigenvalue weighted by Crippen LogP contribution is 2.29. The molecule has 0 heterocycles. The Labute approximate surface area is 110 Å². The number of rotatable bonds is 4. The van der Waals surface area contributed by atoms with Crippen molar-refractivity contribution >= 4 is 11.9 Å². The Kier molecular flexibility index (Phi) is 4.74. The molecule has 1 saturated carbocycles. The second-order valence-electron chi connectivity index (χ2n) is 5.18. The molecule has 0 saturated heterocycles. The number of hydrogen-bond donors (Lipinski definition) is 0. The van der Waals surface area contributed by atoms with Crippen molar-refractivity contribution < 1.29 is 4.79 Å². The van der Waals surface area contributed by atoms with E-state index in [0.29, 0.717) is 5.78 Å². The molecule has 0 spiro atoms. The topological polar surface area (TPSA) is 17.1 Å². The summed E-state index contributed by atoms with van der Waals surface area (Å²) in [6, 6.07) is 10.2. The molecular weight excluding hydrogens is 220 g/mol. The second-order valence-corrected chi connectivity index (χ2v) is 5.18. The van der Waals surface area contributed by atoms with Crippen LogP contribution >= 0.6 is 0 Å². The summed E-state index contributed by atoms with van der Waals surface area (Å²) in [5.41, 5.74) is 2.19. The Morgan fingerprint density at radius 1 is 1.28 bits per heavy atom. The molecule has 1 unspecified atom stereocenters. The Hall–Kier alpha value is -1.37. The fourth-order valence-electron chi connectivity index (χ4n) is 2.68. The lowest BCUT2D eigenvalue weighted by Gasteiger charge is -2.22. The molecule has 1 nitrogen and oxygen atoms in total. The van der Waals surface area contributed by atoms with Gasteiger partial charge in [-0.05, 0) is 42.9 Å². The number of carbonyl (C=O) groups excluding carboxylic acids is 1. The lowest BCUT2D eigenvalue weighted by atomic mass is 9.81. The van der Waals surface area contributed by atoms with E-state index >= 15 is 0 Å². The van der Waals surface area contributed by atoms with E-state index in [0.717, 1.165) is 30.4 Å². The quantitative estimate of drug-likeness (QED) is 0.703. The van der Waals surface area contributed by atoms with Gasteiger partial charge in [0, 0.05) is 5.92 Å². The van der Waals surface area contributed by atoms with Crippen LogP contribution in [0.4, 0.5) is 0 Å². The number of unbranched alkanes of at least 4 members (excludes halogenated alkanes) is 1. The normalized spacial score (nSPS) is 22.4. The van der Waals surface area contributed by atoms with E-state index in [-0.39, 0.29) is 5.92 Å². The summed E-state index contributed by atoms with van der Waals surface area (Å²) >= 11 is 0. The third-order valence-electron chi connectivity index (χ3n) is 3.73. The number of carbonyl (C=O) groups is 1. The Balaban J connectivity index is 2.09. The van der Waals surface area contributed by atoms with Crippen molar-refractivity contribution in [1.82, 2.24) is 0 Å². The van der Waals surface area contributed by atoms with Crippen molar-refractivity contribution in [3.8, 4) is 0 Å². The number of allylic oxidation sites excluding steroid dienone is 1. The van der Waals surface area contributed by atoms with Gasteiger partial charge in [0.05, 0.1) is 0 Å². The Morgan fingerprint density at radius 2 is 2.06 bits per heavy atom. The second kappa shape index (κ2) is 6.53. The third kappa shape index (κ3) is 3.32. The predicted molar refractivity (Wildman–Crippen MR) is 76.3 cm³/mol. The van der Waals surface area contributed by atoms with Gasteiger partial charge in [0.1, 0.15) is 0 Å². The van der Waals surface area contributed by atoms with E-state index in [1.165, 1.54) is 19.3 Å². The van der Waals surface area contributed by atoms with Crippen LogP contribution in [0.2, 0.25) is 0 Å². The van der Waals surface area contributed by atoms with Crippen molar-refractivity contribution in [2.45, 2.75) is 45.4 Å². The van der Waals surface area contributed by atoms with Crippen molar-refractivity contribution in [3.63, 3.8) is 0 Å².